The van der Waals surface area contributed by atoms with Gasteiger partial charge in [-0.25, -0.2) is 4.68 Å². The molecule has 0 fully saturated rings. The van der Waals surface area contributed by atoms with Gasteiger partial charge in [0.15, 0.2) is 0 Å². The van der Waals surface area contributed by atoms with Crippen LogP contribution in [0.5, 0.6) is 0 Å². The van der Waals surface area contributed by atoms with Gasteiger partial charge >= 0.3 is 0 Å². The Bertz CT molecular complexity index is 565. The second kappa shape index (κ2) is 7.07. The number of rotatable bonds is 4. The number of aromatic nitrogens is 2. The number of nitrogens with two attached hydrogens (primary N) is 1. The molecule has 108 valence electrons. The molecule has 3 N–H and O–H groups in total. The molecule has 1 aromatic heterocycles. The van der Waals surface area contributed by atoms with Crippen LogP contribution in [0.15, 0.2) is 36.7 Å². The standard InChI is InChI=1S/C14H18N4O.ClH/c1-10-8-16-18(9-10)13-5-3-12(4-6-13)14(19)17-11(2)7-15;/h3-6,8-9,11H,7,15H2,1-2H3,(H,17,19);1H/t11-;/m0./s1. The molecule has 1 atom stereocenters. The predicted molar refractivity (Wildman–Crippen MR) is 81.5 cm³/mol. The molecule has 0 saturated carbocycles. The molecule has 1 amide bonds. The zero-order valence-electron chi connectivity index (χ0n) is 11.5. The number of carbonyl (C=O) groups is 1. The maximum atomic E-state index is 11.9. The van der Waals surface area contributed by atoms with Crippen molar-refractivity contribution in [3.05, 3.63) is 47.8 Å². The first-order valence-corrected chi connectivity index (χ1v) is 6.23. The van der Waals surface area contributed by atoms with Crippen molar-refractivity contribution in [1.29, 1.82) is 0 Å². The monoisotopic (exact) mass is 294 g/mol. The number of aryl methyl sites for hydroxylation is 1. The van der Waals surface area contributed by atoms with E-state index in [4.69, 9.17) is 5.73 Å². The summed E-state index contributed by atoms with van der Waals surface area (Å²) in [6.07, 6.45) is 3.73. The van der Waals surface area contributed by atoms with Crippen LogP contribution in [-0.4, -0.2) is 28.3 Å². The Balaban J connectivity index is 0.00000200. The first-order valence-electron chi connectivity index (χ1n) is 6.23. The summed E-state index contributed by atoms with van der Waals surface area (Å²) >= 11 is 0. The Labute approximate surface area is 124 Å². The summed E-state index contributed by atoms with van der Waals surface area (Å²) in [5.74, 6) is -0.110. The lowest BCUT2D eigenvalue weighted by atomic mass is 10.2. The Morgan fingerprint density at radius 1 is 1.40 bits per heavy atom. The van der Waals surface area contributed by atoms with Crippen LogP contribution in [0.3, 0.4) is 0 Å². The number of hydrogen-bond acceptors (Lipinski definition) is 3. The number of nitrogens with zero attached hydrogens (tertiary/aromatic N) is 2. The van der Waals surface area contributed by atoms with Crippen LogP contribution in [-0.2, 0) is 0 Å². The third kappa shape index (κ3) is 3.82. The van der Waals surface area contributed by atoms with Gasteiger partial charge in [0, 0.05) is 24.3 Å². The third-order valence-corrected chi connectivity index (χ3v) is 2.84. The largest absolute Gasteiger partial charge is 0.348 e. The molecule has 0 radical (unpaired) electrons. The molecule has 2 rings (SSSR count). The number of amides is 1. The van der Waals surface area contributed by atoms with Crippen molar-refractivity contribution in [3.63, 3.8) is 0 Å². The Morgan fingerprint density at radius 2 is 2.05 bits per heavy atom. The zero-order valence-corrected chi connectivity index (χ0v) is 12.4. The van der Waals surface area contributed by atoms with Gasteiger partial charge in [0.25, 0.3) is 5.91 Å². The van der Waals surface area contributed by atoms with Gasteiger partial charge in [0.05, 0.1) is 11.9 Å². The summed E-state index contributed by atoms with van der Waals surface area (Å²) in [6.45, 7) is 4.29. The fourth-order valence-corrected chi connectivity index (χ4v) is 1.69. The van der Waals surface area contributed by atoms with Crippen LogP contribution >= 0.6 is 12.4 Å². The van der Waals surface area contributed by atoms with E-state index in [2.05, 4.69) is 10.4 Å². The molecule has 0 unspecified atom stereocenters. The molecule has 2 aromatic rings. The Hall–Kier alpha value is -1.85. The van der Waals surface area contributed by atoms with Crippen molar-refractivity contribution in [2.45, 2.75) is 19.9 Å². The third-order valence-electron chi connectivity index (χ3n) is 2.84. The average Bonchev–Trinajstić information content (AvgIpc) is 2.85. The van der Waals surface area contributed by atoms with Gasteiger partial charge in [0.1, 0.15) is 0 Å². The fraction of sp³-hybridized carbons (Fsp3) is 0.286. The van der Waals surface area contributed by atoms with E-state index in [9.17, 15) is 4.79 Å². The van der Waals surface area contributed by atoms with E-state index in [0.717, 1.165) is 11.3 Å². The van der Waals surface area contributed by atoms with Crippen molar-refractivity contribution >= 4 is 18.3 Å². The van der Waals surface area contributed by atoms with Crippen LogP contribution in [0.25, 0.3) is 5.69 Å². The molecule has 0 aliphatic heterocycles. The summed E-state index contributed by atoms with van der Waals surface area (Å²) in [5.41, 5.74) is 8.12. The normalized spacial score (nSPS) is 11.6. The molecule has 5 nitrogen and oxygen atoms in total. The van der Waals surface area contributed by atoms with Gasteiger partial charge in [0.2, 0.25) is 0 Å². The van der Waals surface area contributed by atoms with Gasteiger partial charge in [-0.05, 0) is 43.7 Å². The summed E-state index contributed by atoms with van der Waals surface area (Å²) in [6, 6.07) is 7.28. The minimum absolute atomic E-state index is 0. The first-order chi connectivity index (χ1) is 9.10. The van der Waals surface area contributed by atoms with E-state index in [-0.39, 0.29) is 24.4 Å². The van der Waals surface area contributed by atoms with E-state index in [1.165, 1.54) is 0 Å². The minimum Gasteiger partial charge on any atom is -0.348 e. The Kier molecular flexibility index (Phi) is 5.73. The van der Waals surface area contributed by atoms with E-state index < -0.39 is 0 Å². The fourth-order valence-electron chi connectivity index (χ4n) is 1.69. The lowest BCUT2D eigenvalue weighted by Gasteiger charge is -2.11. The number of hydrogen-bond donors (Lipinski definition) is 2. The topological polar surface area (TPSA) is 72.9 Å². The number of nitrogens with one attached hydrogen (secondary N) is 1. The van der Waals surface area contributed by atoms with Crippen molar-refractivity contribution < 1.29 is 4.79 Å². The first kappa shape index (κ1) is 16.2. The molecule has 0 aliphatic carbocycles. The van der Waals surface area contributed by atoms with Gasteiger partial charge in [-0.15, -0.1) is 12.4 Å². The molecular weight excluding hydrogens is 276 g/mol. The molecular formula is C14H19ClN4O. The lowest BCUT2D eigenvalue weighted by Crippen LogP contribution is -2.37. The summed E-state index contributed by atoms with van der Waals surface area (Å²) < 4.78 is 1.78. The number of carbonyl (C=O) groups excluding carboxylic acids is 1. The van der Waals surface area contributed by atoms with E-state index in [1.807, 2.05) is 32.2 Å². The molecule has 1 aromatic carbocycles. The van der Waals surface area contributed by atoms with Crippen molar-refractivity contribution in [1.82, 2.24) is 15.1 Å². The number of benzene rings is 1. The van der Waals surface area contributed by atoms with Crippen LogP contribution in [0, 0.1) is 6.92 Å². The van der Waals surface area contributed by atoms with Crippen molar-refractivity contribution in [2.75, 3.05) is 6.54 Å². The molecule has 0 bridgehead atoms. The van der Waals surface area contributed by atoms with Crippen molar-refractivity contribution in [2.24, 2.45) is 5.73 Å². The van der Waals surface area contributed by atoms with Gasteiger partial charge in [-0.2, -0.15) is 5.10 Å². The van der Waals surface area contributed by atoms with Gasteiger partial charge < -0.3 is 11.1 Å². The maximum Gasteiger partial charge on any atom is 0.251 e. The van der Waals surface area contributed by atoms with Crippen molar-refractivity contribution in [3.8, 4) is 5.69 Å². The maximum absolute atomic E-state index is 11.9. The highest BCUT2D eigenvalue weighted by Gasteiger charge is 2.08. The van der Waals surface area contributed by atoms with E-state index >= 15 is 0 Å². The average molecular weight is 295 g/mol. The molecule has 0 spiro atoms. The highest BCUT2D eigenvalue weighted by atomic mass is 35.5. The Morgan fingerprint density at radius 3 is 2.55 bits per heavy atom. The van der Waals surface area contributed by atoms with E-state index in [0.29, 0.717) is 12.1 Å². The van der Waals surface area contributed by atoms with Gasteiger partial charge in [-0.3, -0.25) is 4.79 Å². The van der Waals surface area contributed by atoms with Crippen LogP contribution < -0.4 is 11.1 Å². The molecule has 6 heteroatoms. The zero-order chi connectivity index (χ0) is 13.8. The molecule has 0 aliphatic rings. The summed E-state index contributed by atoms with van der Waals surface area (Å²) in [5, 5.41) is 7.04. The predicted octanol–water partition coefficient (Wildman–Crippen LogP) is 1.68. The van der Waals surface area contributed by atoms with Crippen LogP contribution in [0.4, 0.5) is 0 Å². The second-order valence-electron chi connectivity index (χ2n) is 4.62. The van der Waals surface area contributed by atoms with Crippen LogP contribution in [0.1, 0.15) is 22.8 Å². The van der Waals surface area contributed by atoms with E-state index in [1.54, 1.807) is 23.0 Å². The highest BCUT2D eigenvalue weighted by molar-refractivity contribution is 5.94. The van der Waals surface area contributed by atoms with Gasteiger partial charge in [-0.1, -0.05) is 0 Å². The highest BCUT2D eigenvalue weighted by Crippen LogP contribution is 2.10. The summed E-state index contributed by atoms with van der Waals surface area (Å²) in [7, 11) is 0. The lowest BCUT2D eigenvalue weighted by molar-refractivity contribution is 0.0941. The quantitative estimate of drug-likeness (QED) is 0.901. The molecule has 0 saturated heterocycles. The second-order valence-corrected chi connectivity index (χ2v) is 4.62. The number of halogens is 1. The summed E-state index contributed by atoms with van der Waals surface area (Å²) in [4.78, 5) is 11.9. The smallest absolute Gasteiger partial charge is 0.251 e. The molecule has 20 heavy (non-hydrogen) atoms. The molecule has 1 heterocycles. The minimum atomic E-state index is -0.110. The van der Waals surface area contributed by atoms with Crippen LogP contribution in [0.2, 0.25) is 0 Å². The SMILES string of the molecule is Cc1cnn(-c2ccc(C(=O)N[C@@H](C)CN)cc2)c1.Cl.